The van der Waals surface area contributed by atoms with Crippen molar-refractivity contribution in [3.63, 3.8) is 0 Å². The van der Waals surface area contributed by atoms with Crippen LogP contribution in [0.2, 0.25) is 0 Å². The van der Waals surface area contributed by atoms with Gasteiger partial charge in [-0.2, -0.15) is 0 Å². The number of hydrogen-bond donors (Lipinski definition) is 1. The normalized spacial score (nSPS) is 15.3. The summed E-state index contributed by atoms with van der Waals surface area (Å²) in [6.45, 7) is 7.57. The Kier molecular flexibility index (Phi) is 6.37. The van der Waals surface area contributed by atoms with Gasteiger partial charge in [-0.15, -0.1) is 0 Å². The van der Waals surface area contributed by atoms with E-state index < -0.39 is 0 Å². The largest absolute Gasteiger partial charge is 0.379 e. The van der Waals surface area contributed by atoms with E-state index in [4.69, 9.17) is 4.74 Å². The Bertz CT molecular complexity index is 885. The fourth-order valence-electron chi connectivity index (χ4n) is 3.86. The maximum absolute atomic E-state index is 13.2. The molecule has 28 heavy (non-hydrogen) atoms. The quantitative estimate of drug-likeness (QED) is 0.604. The fraction of sp³-hybridized carbons (Fsp3) is 0.391. The number of benzene rings is 2. The Hall–Kier alpha value is -2.21. The van der Waals surface area contributed by atoms with Crippen molar-refractivity contribution in [3.8, 4) is 0 Å². The zero-order valence-electron chi connectivity index (χ0n) is 16.2. The summed E-state index contributed by atoms with van der Waals surface area (Å²) >= 11 is 0. The molecule has 1 aromatic heterocycles. The lowest BCUT2D eigenvalue weighted by Gasteiger charge is -2.26. The van der Waals surface area contributed by atoms with Crippen molar-refractivity contribution in [2.75, 3.05) is 39.4 Å². The van der Waals surface area contributed by atoms with Gasteiger partial charge in [0.2, 0.25) is 0 Å². The van der Waals surface area contributed by atoms with Gasteiger partial charge in [0.15, 0.2) is 0 Å². The molecule has 0 unspecified atom stereocenters. The number of morpholine rings is 1. The van der Waals surface area contributed by atoms with Gasteiger partial charge < -0.3 is 14.6 Å². The van der Waals surface area contributed by atoms with E-state index in [1.54, 1.807) is 0 Å². The maximum atomic E-state index is 13.2. The second kappa shape index (κ2) is 9.32. The molecule has 0 amide bonds. The van der Waals surface area contributed by atoms with E-state index in [1.807, 2.05) is 12.1 Å². The van der Waals surface area contributed by atoms with Crippen LogP contribution in [0, 0.1) is 5.82 Å². The second-order valence-corrected chi connectivity index (χ2v) is 7.41. The van der Waals surface area contributed by atoms with Crippen molar-refractivity contribution >= 4 is 10.9 Å². The molecular formula is C23H28FN3O. The zero-order valence-corrected chi connectivity index (χ0v) is 16.2. The Morgan fingerprint density at radius 2 is 1.79 bits per heavy atom. The topological polar surface area (TPSA) is 29.4 Å². The van der Waals surface area contributed by atoms with Gasteiger partial charge in [-0.05, 0) is 48.8 Å². The first-order valence-electron chi connectivity index (χ1n) is 10.1. The lowest BCUT2D eigenvalue weighted by Crippen LogP contribution is -2.37. The van der Waals surface area contributed by atoms with E-state index in [1.165, 1.54) is 28.6 Å². The standard InChI is InChI=1S/C23H28FN3O/c24-21-8-6-19(7-9-21)17-27-18-20(22-4-1-2-5-23(22)27)16-25-10-3-11-26-12-14-28-15-13-26/h1-2,4-9,18,25H,3,10-17H2. The molecule has 4 nitrogen and oxygen atoms in total. The lowest BCUT2D eigenvalue weighted by molar-refractivity contribution is 0.0374. The van der Waals surface area contributed by atoms with Gasteiger partial charge in [0, 0.05) is 43.3 Å². The lowest BCUT2D eigenvalue weighted by atomic mass is 10.2. The van der Waals surface area contributed by atoms with Crippen molar-refractivity contribution < 1.29 is 9.13 Å². The molecule has 1 fully saturated rings. The summed E-state index contributed by atoms with van der Waals surface area (Å²) in [7, 11) is 0. The molecule has 0 saturated carbocycles. The summed E-state index contributed by atoms with van der Waals surface area (Å²) in [6, 6.07) is 15.3. The van der Waals surface area contributed by atoms with Crippen LogP contribution < -0.4 is 5.32 Å². The van der Waals surface area contributed by atoms with E-state index in [-0.39, 0.29) is 5.82 Å². The molecule has 5 heteroatoms. The number of nitrogens with zero attached hydrogens (tertiary/aromatic N) is 2. The number of rotatable bonds is 8. The zero-order chi connectivity index (χ0) is 19.2. The SMILES string of the molecule is Fc1ccc(Cn2cc(CNCCCN3CCOCC3)c3ccccc32)cc1. The number of nitrogens with one attached hydrogen (secondary N) is 1. The highest BCUT2D eigenvalue weighted by Gasteiger charge is 2.10. The minimum absolute atomic E-state index is 0.192. The highest BCUT2D eigenvalue weighted by molar-refractivity contribution is 5.84. The highest BCUT2D eigenvalue weighted by Crippen LogP contribution is 2.22. The predicted octanol–water partition coefficient (Wildman–Crippen LogP) is 3.64. The van der Waals surface area contributed by atoms with Crippen LogP contribution >= 0.6 is 0 Å². The fourth-order valence-corrected chi connectivity index (χ4v) is 3.86. The smallest absolute Gasteiger partial charge is 0.123 e. The number of fused-ring (bicyclic) bond motifs is 1. The molecule has 4 rings (SSSR count). The molecule has 1 aliphatic heterocycles. The number of halogens is 1. The summed E-state index contributed by atoms with van der Waals surface area (Å²) in [5.41, 5.74) is 3.63. The minimum Gasteiger partial charge on any atom is -0.379 e. The third-order valence-electron chi connectivity index (χ3n) is 5.38. The molecule has 1 N–H and O–H groups in total. The molecule has 1 saturated heterocycles. The molecule has 3 aromatic rings. The third kappa shape index (κ3) is 4.79. The van der Waals surface area contributed by atoms with Crippen LogP contribution in [0.3, 0.4) is 0 Å². The van der Waals surface area contributed by atoms with Crippen LogP contribution in [0.25, 0.3) is 10.9 Å². The van der Waals surface area contributed by atoms with Gasteiger partial charge in [0.05, 0.1) is 13.2 Å². The molecule has 1 aliphatic rings. The first kappa shape index (κ1) is 19.1. The van der Waals surface area contributed by atoms with E-state index in [0.29, 0.717) is 0 Å². The molecule has 0 spiro atoms. The molecular weight excluding hydrogens is 353 g/mol. The van der Waals surface area contributed by atoms with Crippen molar-refractivity contribution in [2.45, 2.75) is 19.5 Å². The highest BCUT2D eigenvalue weighted by atomic mass is 19.1. The summed E-state index contributed by atoms with van der Waals surface area (Å²) in [6.07, 6.45) is 3.37. The molecule has 0 aliphatic carbocycles. The third-order valence-corrected chi connectivity index (χ3v) is 5.38. The van der Waals surface area contributed by atoms with Crippen molar-refractivity contribution in [2.24, 2.45) is 0 Å². The van der Waals surface area contributed by atoms with Crippen LogP contribution in [0.15, 0.2) is 54.7 Å². The van der Waals surface area contributed by atoms with Crippen LogP contribution in [0.5, 0.6) is 0 Å². The first-order chi connectivity index (χ1) is 13.8. The number of ether oxygens (including phenoxy) is 1. The molecule has 0 atom stereocenters. The first-order valence-corrected chi connectivity index (χ1v) is 10.1. The van der Waals surface area contributed by atoms with Gasteiger partial charge in [-0.25, -0.2) is 4.39 Å². The number of hydrogen-bond acceptors (Lipinski definition) is 3. The summed E-state index contributed by atoms with van der Waals surface area (Å²) in [4.78, 5) is 2.47. The molecule has 0 radical (unpaired) electrons. The van der Waals surface area contributed by atoms with Crippen molar-refractivity contribution in [3.05, 3.63) is 71.7 Å². The Morgan fingerprint density at radius 1 is 1.00 bits per heavy atom. The van der Waals surface area contributed by atoms with Crippen LogP contribution in [-0.4, -0.2) is 48.9 Å². The molecule has 0 bridgehead atoms. The molecule has 2 aromatic carbocycles. The summed E-state index contributed by atoms with van der Waals surface area (Å²) in [5, 5.41) is 4.88. The van der Waals surface area contributed by atoms with Crippen molar-refractivity contribution in [1.29, 1.82) is 0 Å². The van der Waals surface area contributed by atoms with E-state index >= 15 is 0 Å². The Labute approximate surface area is 165 Å². The van der Waals surface area contributed by atoms with Gasteiger partial charge in [-0.3, -0.25) is 4.90 Å². The van der Waals surface area contributed by atoms with Crippen molar-refractivity contribution in [1.82, 2.24) is 14.8 Å². The minimum atomic E-state index is -0.192. The molecule has 148 valence electrons. The second-order valence-electron chi connectivity index (χ2n) is 7.41. The van der Waals surface area contributed by atoms with Gasteiger partial charge in [0.25, 0.3) is 0 Å². The Morgan fingerprint density at radius 3 is 2.61 bits per heavy atom. The number of aromatic nitrogens is 1. The van der Waals surface area contributed by atoms with E-state index in [2.05, 4.69) is 45.2 Å². The predicted molar refractivity (Wildman–Crippen MR) is 111 cm³/mol. The van der Waals surface area contributed by atoms with E-state index in [9.17, 15) is 4.39 Å². The van der Waals surface area contributed by atoms with Gasteiger partial charge in [-0.1, -0.05) is 30.3 Å². The average Bonchev–Trinajstić information content (AvgIpc) is 3.08. The monoisotopic (exact) mass is 381 g/mol. The van der Waals surface area contributed by atoms with Crippen LogP contribution in [0.1, 0.15) is 17.5 Å². The summed E-state index contributed by atoms with van der Waals surface area (Å²) < 4.78 is 20.8. The van der Waals surface area contributed by atoms with Crippen LogP contribution in [0.4, 0.5) is 4.39 Å². The van der Waals surface area contributed by atoms with Gasteiger partial charge in [0.1, 0.15) is 5.82 Å². The molecule has 2 heterocycles. The number of para-hydroxylation sites is 1. The van der Waals surface area contributed by atoms with Gasteiger partial charge >= 0.3 is 0 Å². The Balaban J connectivity index is 1.36. The van der Waals surface area contributed by atoms with E-state index in [0.717, 1.165) is 64.5 Å². The maximum Gasteiger partial charge on any atom is 0.123 e. The van der Waals surface area contributed by atoms with Crippen LogP contribution in [-0.2, 0) is 17.8 Å². The average molecular weight is 381 g/mol. The summed E-state index contributed by atoms with van der Waals surface area (Å²) in [5.74, 6) is -0.192.